The van der Waals surface area contributed by atoms with Crippen molar-refractivity contribution >= 4 is 23.3 Å². The maximum atomic E-state index is 12.4. The van der Waals surface area contributed by atoms with E-state index in [2.05, 4.69) is 37.9 Å². The summed E-state index contributed by atoms with van der Waals surface area (Å²) in [5, 5.41) is 7.58. The van der Waals surface area contributed by atoms with Crippen LogP contribution < -0.4 is 10.6 Å². The largest absolute Gasteiger partial charge is 0.335 e. The van der Waals surface area contributed by atoms with Gasteiger partial charge in [-0.2, -0.15) is 0 Å². The van der Waals surface area contributed by atoms with Crippen LogP contribution in [-0.4, -0.2) is 60.0 Å². The molecular formula is C19H30N4O2S. The summed E-state index contributed by atoms with van der Waals surface area (Å²) in [5.74, 6) is -0.204. The van der Waals surface area contributed by atoms with Crippen LogP contribution in [0.25, 0.3) is 0 Å². The Morgan fingerprint density at radius 1 is 1.19 bits per heavy atom. The zero-order valence-corrected chi connectivity index (χ0v) is 16.4. The van der Waals surface area contributed by atoms with E-state index in [-0.39, 0.29) is 24.0 Å². The van der Waals surface area contributed by atoms with Crippen molar-refractivity contribution in [2.24, 2.45) is 0 Å². The van der Waals surface area contributed by atoms with Gasteiger partial charge in [0.25, 0.3) is 0 Å². The highest BCUT2D eigenvalue weighted by atomic mass is 32.1. The van der Waals surface area contributed by atoms with E-state index < -0.39 is 0 Å². The summed E-state index contributed by atoms with van der Waals surface area (Å²) >= 11 is 1.79. The average molecular weight is 379 g/mol. The second kappa shape index (κ2) is 9.48. The molecule has 1 saturated heterocycles. The minimum atomic E-state index is -0.343. The molecule has 144 valence electrons. The molecular weight excluding hydrogens is 348 g/mol. The first-order valence-corrected chi connectivity index (χ1v) is 10.6. The van der Waals surface area contributed by atoms with Crippen molar-refractivity contribution in [1.29, 1.82) is 0 Å². The van der Waals surface area contributed by atoms with Crippen LogP contribution in [0.4, 0.5) is 4.79 Å². The van der Waals surface area contributed by atoms with E-state index >= 15 is 0 Å². The van der Waals surface area contributed by atoms with E-state index in [4.69, 9.17) is 0 Å². The molecule has 1 aromatic heterocycles. The van der Waals surface area contributed by atoms with Gasteiger partial charge in [0.05, 0.1) is 6.04 Å². The predicted octanol–water partition coefficient (Wildman–Crippen LogP) is 2.41. The minimum Gasteiger partial charge on any atom is -0.335 e. The highest BCUT2D eigenvalue weighted by Gasteiger charge is 2.27. The summed E-state index contributed by atoms with van der Waals surface area (Å²) in [6.07, 6.45) is 5.59. The number of piperazine rings is 1. The van der Waals surface area contributed by atoms with Crippen LogP contribution in [-0.2, 0) is 11.3 Å². The summed E-state index contributed by atoms with van der Waals surface area (Å²) < 4.78 is 0. The molecule has 26 heavy (non-hydrogen) atoms. The van der Waals surface area contributed by atoms with Crippen molar-refractivity contribution in [3.05, 3.63) is 22.4 Å². The summed E-state index contributed by atoms with van der Waals surface area (Å²) in [7, 11) is 0. The summed E-state index contributed by atoms with van der Waals surface area (Å²) in [6.45, 7) is 6.47. The molecule has 0 aromatic carbocycles. The Morgan fingerprint density at radius 3 is 2.58 bits per heavy atom. The van der Waals surface area contributed by atoms with Gasteiger partial charge in [-0.25, -0.2) is 4.79 Å². The van der Waals surface area contributed by atoms with Crippen molar-refractivity contribution in [2.45, 2.75) is 57.7 Å². The standard InChI is InChI=1S/C19H30N4O2S/c1-15(18(24)21-19(25)20-16-6-3-2-4-7-16)23-11-9-22(10-12-23)14-17-8-5-13-26-17/h5,8,13,15-16H,2-4,6-7,9-12,14H2,1H3,(H2,20,21,24,25)/t15-/m0/s1. The van der Waals surface area contributed by atoms with Crippen molar-refractivity contribution in [2.75, 3.05) is 26.2 Å². The van der Waals surface area contributed by atoms with E-state index in [1.165, 1.54) is 11.3 Å². The van der Waals surface area contributed by atoms with Gasteiger partial charge >= 0.3 is 6.03 Å². The van der Waals surface area contributed by atoms with Gasteiger partial charge in [0.1, 0.15) is 0 Å². The monoisotopic (exact) mass is 378 g/mol. The Labute approximate surface area is 159 Å². The molecule has 7 heteroatoms. The molecule has 1 atom stereocenters. The Hall–Kier alpha value is -1.44. The number of hydrogen-bond acceptors (Lipinski definition) is 5. The van der Waals surface area contributed by atoms with E-state index in [0.717, 1.165) is 58.4 Å². The molecule has 0 radical (unpaired) electrons. The molecule has 1 saturated carbocycles. The highest BCUT2D eigenvalue weighted by Crippen LogP contribution is 2.17. The molecule has 3 rings (SSSR count). The maximum absolute atomic E-state index is 12.4. The van der Waals surface area contributed by atoms with Gasteiger partial charge in [-0.15, -0.1) is 11.3 Å². The lowest BCUT2D eigenvalue weighted by molar-refractivity contribution is -0.125. The fourth-order valence-electron chi connectivity index (χ4n) is 3.78. The third kappa shape index (κ3) is 5.53. The molecule has 2 heterocycles. The SMILES string of the molecule is C[C@@H](C(=O)NC(=O)NC1CCCCC1)N1CCN(Cc2cccs2)CC1. The van der Waals surface area contributed by atoms with Gasteiger partial charge in [0, 0.05) is 43.6 Å². The fraction of sp³-hybridized carbons (Fsp3) is 0.684. The summed E-state index contributed by atoms with van der Waals surface area (Å²) in [4.78, 5) is 30.4. The number of amides is 3. The third-order valence-corrected chi connectivity index (χ3v) is 6.33. The van der Waals surface area contributed by atoms with Crippen LogP contribution >= 0.6 is 11.3 Å². The van der Waals surface area contributed by atoms with Crippen LogP contribution in [0.1, 0.15) is 43.9 Å². The van der Waals surface area contributed by atoms with Crippen LogP contribution in [0.5, 0.6) is 0 Å². The zero-order chi connectivity index (χ0) is 18.4. The average Bonchev–Trinajstić information content (AvgIpc) is 3.15. The number of carbonyl (C=O) groups excluding carboxylic acids is 2. The molecule has 6 nitrogen and oxygen atoms in total. The smallest absolute Gasteiger partial charge is 0.321 e. The molecule has 0 unspecified atom stereocenters. The molecule has 2 N–H and O–H groups in total. The van der Waals surface area contributed by atoms with Crippen molar-refractivity contribution < 1.29 is 9.59 Å². The van der Waals surface area contributed by atoms with Gasteiger partial charge in [-0.05, 0) is 31.2 Å². The van der Waals surface area contributed by atoms with Gasteiger partial charge in [0.15, 0.2) is 0 Å². The van der Waals surface area contributed by atoms with Gasteiger partial charge in [-0.3, -0.25) is 19.9 Å². The van der Waals surface area contributed by atoms with Crippen LogP contribution in [0.15, 0.2) is 17.5 Å². The third-order valence-electron chi connectivity index (χ3n) is 5.47. The molecule has 1 aliphatic carbocycles. The van der Waals surface area contributed by atoms with Gasteiger partial charge in [-0.1, -0.05) is 25.3 Å². The van der Waals surface area contributed by atoms with E-state index in [1.54, 1.807) is 11.3 Å². The first-order valence-electron chi connectivity index (χ1n) is 9.72. The Kier molecular flexibility index (Phi) is 7.05. The van der Waals surface area contributed by atoms with E-state index in [0.29, 0.717) is 0 Å². The number of carbonyl (C=O) groups is 2. The highest BCUT2D eigenvalue weighted by molar-refractivity contribution is 7.09. The number of urea groups is 1. The lowest BCUT2D eigenvalue weighted by atomic mass is 9.96. The van der Waals surface area contributed by atoms with E-state index in [9.17, 15) is 9.59 Å². The summed E-state index contributed by atoms with van der Waals surface area (Å²) in [6, 6.07) is 3.84. The zero-order valence-electron chi connectivity index (χ0n) is 15.6. The number of nitrogens with zero attached hydrogens (tertiary/aromatic N) is 2. The van der Waals surface area contributed by atoms with Crippen molar-refractivity contribution in [3.8, 4) is 0 Å². The van der Waals surface area contributed by atoms with Crippen molar-refractivity contribution in [1.82, 2.24) is 20.4 Å². The normalized spacial score (nSPS) is 21.3. The number of imide groups is 1. The Balaban J connectivity index is 1.38. The summed E-state index contributed by atoms with van der Waals surface area (Å²) in [5.41, 5.74) is 0. The topological polar surface area (TPSA) is 64.7 Å². The first kappa shape index (κ1) is 19.3. The quantitative estimate of drug-likeness (QED) is 0.826. The Bertz CT molecular complexity index is 578. The molecule has 1 aromatic rings. The number of thiophene rings is 1. The lowest BCUT2D eigenvalue weighted by Gasteiger charge is -2.37. The Morgan fingerprint density at radius 2 is 1.92 bits per heavy atom. The molecule has 2 aliphatic rings. The molecule has 0 bridgehead atoms. The number of rotatable bonds is 5. The molecule has 0 spiro atoms. The minimum absolute atomic E-state index is 0.204. The van der Waals surface area contributed by atoms with Gasteiger partial charge in [0.2, 0.25) is 5.91 Å². The lowest BCUT2D eigenvalue weighted by Crippen LogP contribution is -2.55. The second-order valence-electron chi connectivity index (χ2n) is 7.37. The molecule has 2 fully saturated rings. The maximum Gasteiger partial charge on any atom is 0.321 e. The molecule has 3 amide bonds. The van der Waals surface area contributed by atoms with Crippen LogP contribution in [0, 0.1) is 0 Å². The predicted molar refractivity (Wildman–Crippen MR) is 104 cm³/mol. The molecule has 1 aliphatic heterocycles. The first-order chi connectivity index (χ1) is 12.6. The van der Waals surface area contributed by atoms with E-state index in [1.807, 2.05) is 6.92 Å². The van der Waals surface area contributed by atoms with Crippen LogP contribution in [0.2, 0.25) is 0 Å². The van der Waals surface area contributed by atoms with Crippen molar-refractivity contribution in [3.63, 3.8) is 0 Å². The fourth-order valence-corrected chi connectivity index (χ4v) is 4.53. The second-order valence-corrected chi connectivity index (χ2v) is 8.40. The van der Waals surface area contributed by atoms with Gasteiger partial charge < -0.3 is 5.32 Å². The number of nitrogens with one attached hydrogen (secondary N) is 2. The number of hydrogen-bond donors (Lipinski definition) is 2. The van der Waals surface area contributed by atoms with Crippen LogP contribution in [0.3, 0.4) is 0 Å².